The molecule has 0 unspecified atom stereocenters. The Labute approximate surface area is 142 Å². The molecule has 1 aromatic heterocycles. The van der Waals surface area contributed by atoms with Crippen molar-refractivity contribution >= 4 is 5.97 Å². The van der Waals surface area contributed by atoms with E-state index in [-0.39, 0.29) is 31.1 Å². The predicted molar refractivity (Wildman–Crippen MR) is 91.3 cm³/mol. The van der Waals surface area contributed by atoms with E-state index in [0.717, 1.165) is 5.56 Å². The first-order valence-corrected chi connectivity index (χ1v) is 8.06. The van der Waals surface area contributed by atoms with Gasteiger partial charge in [0, 0.05) is 0 Å². The molecule has 0 amide bonds. The molecule has 0 saturated carbocycles. The van der Waals surface area contributed by atoms with Crippen LogP contribution in [-0.2, 0) is 9.53 Å². The summed E-state index contributed by atoms with van der Waals surface area (Å²) in [5.74, 6) is 0.316. The number of esters is 1. The first-order chi connectivity index (χ1) is 11.4. The zero-order chi connectivity index (χ0) is 17.6. The van der Waals surface area contributed by atoms with Crippen molar-refractivity contribution in [2.45, 2.75) is 44.9 Å². The molecule has 0 spiro atoms. The molecule has 1 heterocycles. The van der Waals surface area contributed by atoms with Crippen LogP contribution in [0.1, 0.15) is 50.6 Å². The zero-order valence-corrected chi connectivity index (χ0v) is 14.4. The van der Waals surface area contributed by atoms with Crippen molar-refractivity contribution in [2.75, 3.05) is 6.61 Å². The molecule has 2 aromatic rings. The number of carbonyl (C=O) groups excluding carboxylic acids is 1. The molecule has 0 aliphatic rings. The molecular formula is C19H25NO4. The van der Waals surface area contributed by atoms with Crippen molar-refractivity contribution in [1.29, 1.82) is 0 Å². The van der Waals surface area contributed by atoms with Crippen LogP contribution in [0.5, 0.6) is 0 Å². The number of aliphatic hydroxyl groups excluding tert-OH is 1. The van der Waals surface area contributed by atoms with Crippen molar-refractivity contribution < 1.29 is 19.1 Å². The highest BCUT2D eigenvalue weighted by Crippen LogP contribution is 2.24. The van der Waals surface area contributed by atoms with E-state index in [2.05, 4.69) is 5.32 Å². The lowest BCUT2D eigenvalue weighted by Gasteiger charge is -2.25. The van der Waals surface area contributed by atoms with Gasteiger partial charge in [0.15, 0.2) is 0 Å². The van der Waals surface area contributed by atoms with Crippen molar-refractivity contribution in [3.05, 3.63) is 60.1 Å². The molecule has 0 saturated heterocycles. The minimum atomic E-state index is -0.541. The molecule has 2 atom stereocenters. The van der Waals surface area contributed by atoms with Gasteiger partial charge in [0.25, 0.3) is 0 Å². The Morgan fingerprint density at radius 3 is 2.42 bits per heavy atom. The number of carbonyl (C=O) groups is 1. The minimum absolute atomic E-state index is 0.0878. The summed E-state index contributed by atoms with van der Waals surface area (Å²) in [6, 6.07) is 12.5. The summed E-state index contributed by atoms with van der Waals surface area (Å²) in [6.07, 6.45) is 1.68. The van der Waals surface area contributed by atoms with Crippen molar-refractivity contribution in [2.24, 2.45) is 0 Å². The van der Waals surface area contributed by atoms with Gasteiger partial charge in [0.2, 0.25) is 0 Å². The largest absolute Gasteiger partial charge is 0.468 e. The Morgan fingerprint density at radius 1 is 1.17 bits per heavy atom. The summed E-state index contributed by atoms with van der Waals surface area (Å²) in [5, 5.41) is 13.0. The molecule has 0 fully saturated rings. The Bertz CT molecular complexity index is 617. The van der Waals surface area contributed by atoms with E-state index in [9.17, 15) is 9.90 Å². The van der Waals surface area contributed by atoms with Crippen molar-refractivity contribution in [3.8, 4) is 0 Å². The van der Waals surface area contributed by atoms with Crippen LogP contribution in [0.2, 0.25) is 0 Å². The number of rotatable bonds is 7. The fourth-order valence-electron chi connectivity index (χ4n) is 2.46. The highest BCUT2D eigenvalue weighted by molar-refractivity contribution is 5.70. The maximum absolute atomic E-state index is 12.2. The smallest absolute Gasteiger partial charge is 0.308 e. The first-order valence-electron chi connectivity index (χ1n) is 8.06. The second-order valence-electron chi connectivity index (χ2n) is 6.67. The predicted octanol–water partition coefficient (Wildman–Crippen LogP) is 3.38. The number of hydrogen-bond donors (Lipinski definition) is 2. The second kappa shape index (κ2) is 8.13. The van der Waals surface area contributed by atoms with Crippen molar-refractivity contribution in [3.63, 3.8) is 0 Å². The average molecular weight is 331 g/mol. The topological polar surface area (TPSA) is 71.7 Å². The van der Waals surface area contributed by atoms with Crippen LogP contribution in [0.3, 0.4) is 0 Å². The fourth-order valence-corrected chi connectivity index (χ4v) is 2.46. The number of hydrogen-bond acceptors (Lipinski definition) is 5. The number of ether oxygens (including phenoxy) is 1. The molecule has 0 radical (unpaired) electrons. The maximum atomic E-state index is 12.2. The van der Waals surface area contributed by atoms with E-state index in [1.165, 1.54) is 0 Å². The highest BCUT2D eigenvalue weighted by Gasteiger charge is 2.25. The monoisotopic (exact) mass is 331 g/mol. The molecule has 5 heteroatoms. The molecule has 1 aromatic carbocycles. The molecule has 5 nitrogen and oxygen atoms in total. The van der Waals surface area contributed by atoms with Gasteiger partial charge in [-0.15, -0.1) is 0 Å². The minimum Gasteiger partial charge on any atom is -0.468 e. The summed E-state index contributed by atoms with van der Waals surface area (Å²) >= 11 is 0. The van der Waals surface area contributed by atoms with Gasteiger partial charge in [-0.3, -0.25) is 10.1 Å². The second-order valence-corrected chi connectivity index (χ2v) is 6.67. The molecular weight excluding hydrogens is 306 g/mol. The third-order valence-electron chi connectivity index (χ3n) is 3.46. The Kier molecular flexibility index (Phi) is 6.17. The van der Waals surface area contributed by atoms with Gasteiger partial charge >= 0.3 is 5.97 Å². The Hall–Kier alpha value is -2.11. The van der Waals surface area contributed by atoms with E-state index in [1.807, 2.05) is 57.2 Å². The van der Waals surface area contributed by atoms with E-state index < -0.39 is 5.60 Å². The fraction of sp³-hybridized carbons (Fsp3) is 0.421. The molecule has 0 bridgehead atoms. The third-order valence-corrected chi connectivity index (χ3v) is 3.46. The molecule has 2 rings (SSSR count). The lowest BCUT2D eigenvalue weighted by molar-refractivity contribution is -0.155. The number of furan rings is 1. The number of aliphatic hydroxyl groups is 1. The van der Waals surface area contributed by atoms with Gasteiger partial charge in [-0.2, -0.15) is 0 Å². The average Bonchev–Trinajstić information content (AvgIpc) is 3.04. The number of nitrogens with one attached hydrogen (secondary N) is 1. The quantitative estimate of drug-likeness (QED) is 0.761. The van der Waals surface area contributed by atoms with Crippen LogP contribution < -0.4 is 5.32 Å². The molecule has 0 aliphatic heterocycles. The van der Waals surface area contributed by atoms with E-state index >= 15 is 0 Å². The van der Waals surface area contributed by atoms with Crippen LogP contribution in [0.15, 0.2) is 53.1 Å². The molecule has 130 valence electrons. The van der Waals surface area contributed by atoms with Gasteiger partial charge in [0.05, 0.1) is 31.4 Å². The van der Waals surface area contributed by atoms with Gasteiger partial charge in [-0.25, -0.2) is 0 Å². The van der Waals surface area contributed by atoms with Gasteiger partial charge in [0.1, 0.15) is 11.4 Å². The summed E-state index contributed by atoms with van der Waals surface area (Å²) in [6.45, 7) is 5.41. The van der Waals surface area contributed by atoms with Crippen LogP contribution in [-0.4, -0.2) is 23.3 Å². The Morgan fingerprint density at radius 2 is 1.88 bits per heavy atom. The van der Waals surface area contributed by atoms with E-state index in [4.69, 9.17) is 9.15 Å². The molecule has 24 heavy (non-hydrogen) atoms. The lowest BCUT2D eigenvalue weighted by Crippen LogP contribution is -2.32. The maximum Gasteiger partial charge on any atom is 0.308 e. The van der Waals surface area contributed by atoms with Gasteiger partial charge in [-0.1, -0.05) is 30.3 Å². The van der Waals surface area contributed by atoms with Gasteiger partial charge < -0.3 is 14.3 Å². The van der Waals surface area contributed by atoms with E-state index in [1.54, 1.807) is 12.3 Å². The third kappa shape index (κ3) is 5.51. The van der Waals surface area contributed by atoms with Crippen molar-refractivity contribution in [1.82, 2.24) is 5.32 Å². The van der Waals surface area contributed by atoms with Crippen LogP contribution in [0.25, 0.3) is 0 Å². The highest BCUT2D eigenvalue weighted by atomic mass is 16.6. The van der Waals surface area contributed by atoms with Crippen LogP contribution in [0, 0.1) is 0 Å². The van der Waals surface area contributed by atoms with Crippen LogP contribution >= 0.6 is 0 Å². The summed E-state index contributed by atoms with van der Waals surface area (Å²) in [7, 11) is 0. The van der Waals surface area contributed by atoms with E-state index in [0.29, 0.717) is 5.76 Å². The summed E-state index contributed by atoms with van der Waals surface area (Å²) in [5.41, 5.74) is 0.404. The lowest BCUT2D eigenvalue weighted by atomic mass is 10.0. The molecule has 2 N–H and O–H groups in total. The normalized spacial score (nSPS) is 14.2. The first kappa shape index (κ1) is 18.2. The van der Waals surface area contributed by atoms with Gasteiger partial charge in [-0.05, 0) is 38.5 Å². The van der Waals surface area contributed by atoms with Crippen LogP contribution in [0.4, 0.5) is 0 Å². The summed E-state index contributed by atoms with van der Waals surface area (Å²) in [4.78, 5) is 12.2. The summed E-state index contributed by atoms with van der Waals surface area (Å²) < 4.78 is 10.9. The zero-order valence-electron chi connectivity index (χ0n) is 14.4. The Balaban J connectivity index is 2.13. The number of benzene rings is 1. The SMILES string of the molecule is CC(C)(C)OC(=O)C[C@H](N[C@H](CO)c1ccccc1)c1ccco1. The standard InChI is InChI=1S/C19H25NO4/c1-19(2,3)24-18(22)12-15(17-10-7-11-23-17)20-16(13-21)14-8-5-4-6-9-14/h4-11,15-16,20-21H,12-13H2,1-3H3/t15-,16+/m0/s1. The molecule has 0 aliphatic carbocycles.